The van der Waals surface area contributed by atoms with Crippen LogP contribution in [0.5, 0.6) is 0 Å². The fraction of sp³-hybridized carbons (Fsp3) is 0.533. The molecule has 0 spiro atoms. The maximum Gasteiger partial charge on any atom is 0.164 e. The zero-order valence-corrected chi connectivity index (χ0v) is 11.5. The lowest BCUT2D eigenvalue weighted by Gasteiger charge is -2.29. The van der Waals surface area contributed by atoms with Crippen LogP contribution in [0.4, 0.5) is 10.1 Å². The number of ether oxygens (including phenoxy) is 1. The monoisotopic (exact) mass is 265 g/mol. The van der Waals surface area contributed by atoms with Crippen molar-refractivity contribution in [1.29, 1.82) is 0 Å². The summed E-state index contributed by atoms with van der Waals surface area (Å²) < 4.78 is 19.2. The van der Waals surface area contributed by atoms with Crippen LogP contribution in [-0.2, 0) is 4.74 Å². The van der Waals surface area contributed by atoms with E-state index in [1.54, 1.807) is 12.1 Å². The Bertz CT molecular complexity index is 455. The molecule has 3 nitrogen and oxygen atoms in total. The van der Waals surface area contributed by atoms with E-state index in [2.05, 4.69) is 0 Å². The van der Waals surface area contributed by atoms with Crippen molar-refractivity contribution in [2.45, 2.75) is 19.8 Å². The van der Waals surface area contributed by atoms with Crippen LogP contribution in [0.1, 0.15) is 30.1 Å². The minimum Gasteiger partial charge on any atom is -0.381 e. The summed E-state index contributed by atoms with van der Waals surface area (Å²) in [5, 5.41) is 0. The van der Waals surface area contributed by atoms with Crippen LogP contribution in [0.25, 0.3) is 0 Å². The van der Waals surface area contributed by atoms with Crippen LogP contribution in [0.3, 0.4) is 0 Å². The average molecular weight is 265 g/mol. The third-order valence-corrected chi connectivity index (χ3v) is 3.54. The predicted octanol–water partition coefficient (Wildman–Crippen LogP) is 2.89. The second kappa shape index (κ2) is 6.15. The number of carbonyl (C=O) groups excluding carboxylic acids is 1. The SMILES string of the molecule is CC(=O)c1c(F)cccc1N(C)CC1CCCOC1. The lowest BCUT2D eigenvalue weighted by Crippen LogP contribution is -2.31. The molecule has 1 heterocycles. The number of Topliss-reactive ketones (excluding diaryl/α,β-unsaturated/α-hetero) is 1. The fourth-order valence-corrected chi connectivity index (χ4v) is 2.62. The van der Waals surface area contributed by atoms with Gasteiger partial charge in [-0.05, 0) is 37.8 Å². The molecule has 0 radical (unpaired) electrons. The van der Waals surface area contributed by atoms with Gasteiger partial charge in [-0.1, -0.05) is 6.07 Å². The molecule has 1 fully saturated rings. The van der Waals surface area contributed by atoms with E-state index in [-0.39, 0.29) is 11.3 Å². The Kier molecular flexibility index (Phi) is 4.53. The first-order valence-corrected chi connectivity index (χ1v) is 6.68. The minimum absolute atomic E-state index is 0.182. The van der Waals surface area contributed by atoms with Gasteiger partial charge in [-0.2, -0.15) is 0 Å². The van der Waals surface area contributed by atoms with Crippen molar-refractivity contribution in [3.63, 3.8) is 0 Å². The summed E-state index contributed by atoms with van der Waals surface area (Å²) in [5.41, 5.74) is 0.847. The molecule has 1 atom stereocenters. The van der Waals surface area contributed by atoms with E-state index in [0.717, 1.165) is 32.6 Å². The first kappa shape index (κ1) is 14.0. The highest BCUT2D eigenvalue weighted by molar-refractivity contribution is 6.00. The van der Waals surface area contributed by atoms with E-state index in [1.807, 2.05) is 11.9 Å². The van der Waals surface area contributed by atoms with Crippen LogP contribution in [0.15, 0.2) is 18.2 Å². The van der Waals surface area contributed by atoms with Gasteiger partial charge < -0.3 is 9.64 Å². The van der Waals surface area contributed by atoms with Crippen molar-refractivity contribution in [2.24, 2.45) is 5.92 Å². The molecule has 104 valence electrons. The number of carbonyl (C=O) groups is 1. The third kappa shape index (κ3) is 3.32. The van der Waals surface area contributed by atoms with Gasteiger partial charge in [0.15, 0.2) is 5.78 Å². The van der Waals surface area contributed by atoms with E-state index < -0.39 is 5.82 Å². The van der Waals surface area contributed by atoms with Gasteiger partial charge in [0.1, 0.15) is 5.82 Å². The molecule has 1 aromatic carbocycles. The van der Waals surface area contributed by atoms with Crippen molar-refractivity contribution in [3.05, 3.63) is 29.6 Å². The molecule has 1 aromatic rings. The van der Waals surface area contributed by atoms with Crippen LogP contribution in [0.2, 0.25) is 0 Å². The molecule has 4 heteroatoms. The molecule has 1 aliphatic heterocycles. The number of anilines is 1. The number of halogens is 1. The number of benzene rings is 1. The fourth-order valence-electron chi connectivity index (χ4n) is 2.62. The maximum absolute atomic E-state index is 13.8. The Hall–Kier alpha value is -1.42. The maximum atomic E-state index is 13.8. The molecule has 0 aliphatic carbocycles. The van der Waals surface area contributed by atoms with Crippen molar-refractivity contribution in [2.75, 3.05) is 31.7 Å². The quantitative estimate of drug-likeness (QED) is 0.784. The zero-order valence-electron chi connectivity index (χ0n) is 11.5. The normalized spacial score (nSPS) is 19.2. The van der Waals surface area contributed by atoms with Crippen LogP contribution in [0, 0.1) is 11.7 Å². The lowest BCUT2D eigenvalue weighted by molar-refractivity contribution is 0.0576. The highest BCUT2D eigenvalue weighted by Crippen LogP contribution is 2.25. The molecule has 0 amide bonds. The minimum atomic E-state index is -0.447. The van der Waals surface area contributed by atoms with E-state index in [4.69, 9.17) is 4.74 Å². The van der Waals surface area contributed by atoms with Gasteiger partial charge in [0.25, 0.3) is 0 Å². The summed E-state index contributed by atoms with van der Waals surface area (Å²) in [7, 11) is 1.90. The van der Waals surface area contributed by atoms with Gasteiger partial charge in [-0.3, -0.25) is 4.79 Å². The van der Waals surface area contributed by atoms with E-state index in [1.165, 1.54) is 13.0 Å². The van der Waals surface area contributed by atoms with E-state index in [0.29, 0.717) is 11.6 Å². The van der Waals surface area contributed by atoms with Crippen molar-refractivity contribution in [1.82, 2.24) is 0 Å². The predicted molar refractivity (Wildman–Crippen MR) is 73.2 cm³/mol. The van der Waals surface area contributed by atoms with Crippen LogP contribution in [-0.4, -0.2) is 32.6 Å². The Labute approximate surface area is 113 Å². The summed E-state index contributed by atoms with van der Waals surface area (Å²) in [6, 6.07) is 4.77. The summed E-state index contributed by atoms with van der Waals surface area (Å²) in [6.07, 6.45) is 2.19. The first-order valence-electron chi connectivity index (χ1n) is 6.68. The lowest BCUT2D eigenvalue weighted by atomic mass is 10.0. The number of nitrogens with zero attached hydrogens (tertiary/aromatic N) is 1. The van der Waals surface area contributed by atoms with Crippen molar-refractivity contribution in [3.8, 4) is 0 Å². The number of rotatable bonds is 4. The highest BCUT2D eigenvalue weighted by Gasteiger charge is 2.20. The van der Waals surface area contributed by atoms with Gasteiger partial charge in [0, 0.05) is 20.2 Å². The topological polar surface area (TPSA) is 29.5 Å². The highest BCUT2D eigenvalue weighted by atomic mass is 19.1. The zero-order chi connectivity index (χ0) is 13.8. The second-order valence-electron chi connectivity index (χ2n) is 5.15. The largest absolute Gasteiger partial charge is 0.381 e. The number of ketones is 1. The molecule has 0 aromatic heterocycles. The summed E-state index contributed by atoms with van der Waals surface area (Å²) in [5.74, 6) is -0.238. The van der Waals surface area contributed by atoms with Gasteiger partial charge in [0.05, 0.1) is 17.9 Å². The smallest absolute Gasteiger partial charge is 0.164 e. The molecule has 2 rings (SSSR count). The Morgan fingerprint density at radius 2 is 2.32 bits per heavy atom. The van der Waals surface area contributed by atoms with Gasteiger partial charge >= 0.3 is 0 Å². The van der Waals surface area contributed by atoms with Gasteiger partial charge in [-0.15, -0.1) is 0 Å². The molecule has 0 saturated carbocycles. The third-order valence-electron chi connectivity index (χ3n) is 3.54. The molecule has 1 aliphatic rings. The molecular formula is C15H20FNO2. The van der Waals surface area contributed by atoms with Crippen LogP contribution >= 0.6 is 0 Å². The molecule has 0 N–H and O–H groups in total. The first-order chi connectivity index (χ1) is 9.09. The van der Waals surface area contributed by atoms with Gasteiger partial charge in [0.2, 0.25) is 0 Å². The summed E-state index contributed by atoms with van der Waals surface area (Å²) >= 11 is 0. The Morgan fingerprint density at radius 3 is 2.95 bits per heavy atom. The van der Waals surface area contributed by atoms with E-state index >= 15 is 0 Å². The number of hydrogen-bond acceptors (Lipinski definition) is 3. The molecular weight excluding hydrogens is 245 g/mol. The summed E-state index contributed by atoms with van der Waals surface area (Å²) in [4.78, 5) is 13.5. The summed E-state index contributed by atoms with van der Waals surface area (Å²) in [6.45, 7) is 3.76. The number of hydrogen-bond donors (Lipinski definition) is 0. The average Bonchev–Trinajstić information content (AvgIpc) is 2.39. The van der Waals surface area contributed by atoms with Crippen molar-refractivity contribution >= 4 is 11.5 Å². The Morgan fingerprint density at radius 1 is 1.53 bits per heavy atom. The van der Waals surface area contributed by atoms with E-state index in [9.17, 15) is 9.18 Å². The molecule has 1 unspecified atom stereocenters. The molecule has 19 heavy (non-hydrogen) atoms. The van der Waals surface area contributed by atoms with Crippen molar-refractivity contribution < 1.29 is 13.9 Å². The van der Waals surface area contributed by atoms with Gasteiger partial charge in [-0.25, -0.2) is 4.39 Å². The van der Waals surface area contributed by atoms with Crippen LogP contribution < -0.4 is 4.90 Å². The Balaban J connectivity index is 2.16. The molecule has 1 saturated heterocycles. The standard InChI is InChI=1S/C15H20FNO2/c1-11(18)15-13(16)6-3-7-14(15)17(2)9-12-5-4-8-19-10-12/h3,6-7,12H,4-5,8-10H2,1-2H3. The second-order valence-corrected chi connectivity index (χ2v) is 5.15. The molecule has 0 bridgehead atoms.